The van der Waals surface area contributed by atoms with Gasteiger partial charge in [0.2, 0.25) is 0 Å². The average molecular weight is 222 g/mol. The summed E-state index contributed by atoms with van der Waals surface area (Å²) in [5, 5.41) is 2.65. The van der Waals surface area contributed by atoms with Crippen molar-refractivity contribution in [3.8, 4) is 5.75 Å². The molecule has 0 spiro atoms. The zero-order valence-corrected chi connectivity index (χ0v) is 9.51. The molecule has 1 heterocycles. The second kappa shape index (κ2) is 4.07. The molecule has 0 unspecified atom stereocenters. The zero-order valence-electron chi connectivity index (χ0n) is 8.75. The van der Waals surface area contributed by atoms with Crippen molar-refractivity contribution in [3.05, 3.63) is 35.1 Å². The Morgan fingerprint density at radius 3 is 2.80 bits per heavy atom. The van der Waals surface area contributed by atoms with Crippen LogP contribution in [0.2, 0.25) is 5.15 Å². The minimum absolute atomic E-state index is 0.517. The van der Waals surface area contributed by atoms with Crippen LogP contribution in [0.5, 0.6) is 5.75 Å². The molecule has 15 heavy (non-hydrogen) atoms. The van der Waals surface area contributed by atoms with Crippen molar-refractivity contribution in [1.29, 1.82) is 0 Å². The molecule has 0 N–H and O–H groups in total. The van der Waals surface area contributed by atoms with Crippen LogP contribution >= 0.6 is 11.6 Å². The van der Waals surface area contributed by atoms with Gasteiger partial charge in [0.1, 0.15) is 10.9 Å². The lowest BCUT2D eigenvalue weighted by Gasteiger charge is -2.08. The van der Waals surface area contributed by atoms with Gasteiger partial charge in [-0.25, -0.2) is 4.98 Å². The Morgan fingerprint density at radius 1 is 1.33 bits per heavy atom. The van der Waals surface area contributed by atoms with Gasteiger partial charge in [-0.15, -0.1) is 0 Å². The van der Waals surface area contributed by atoms with Crippen molar-refractivity contribution in [1.82, 2.24) is 4.98 Å². The maximum Gasteiger partial charge on any atom is 0.130 e. The molecule has 0 atom stereocenters. The molecule has 0 aliphatic rings. The molecule has 0 bridgehead atoms. The van der Waals surface area contributed by atoms with E-state index in [1.54, 1.807) is 7.11 Å². The zero-order chi connectivity index (χ0) is 10.8. The molecule has 0 radical (unpaired) electrons. The number of aryl methyl sites for hydroxylation is 1. The Balaban J connectivity index is 2.82. The Hall–Kier alpha value is -1.28. The third-order valence-corrected chi connectivity index (χ3v) is 2.63. The van der Waals surface area contributed by atoms with Gasteiger partial charge in [0.05, 0.1) is 7.11 Å². The van der Waals surface area contributed by atoms with Crippen LogP contribution in [0.1, 0.15) is 12.6 Å². The molecule has 1 aromatic heterocycles. The van der Waals surface area contributed by atoms with Crippen LogP contribution in [0.3, 0.4) is 0 Å². The molecule has 78 valence electrons. The molecule has 0 saturated carbocycles. The van der Waals surface area contributed by atoms with Crippen molar-refractivity contribution in [3.63, 3.8) is 0 Å². The maximum atomic E-state index is 5.96. The number of methoxy groups -OCH3 is 1. The van der Waals surface area contributed by atoms with Gasteiger partial charge in [0.25, 0.3) is 0 Å². The first-order valence-corrected chi connectivity index (χ1v) is 5.26. The number of pyridine rings is 1. The summed E-state index contributed by atoms with van der Waals surface area (Å²) in [6.45, 7) is 2.07. The Kier molecular flexibility index (Phi) is 2.78. The van der Waals surface area contributed by atoms with E-state index in [2.05, 4.69) is 11.9 Å². The highest BCUT2D eigenvalue weighted by molar-refractivity contribution is 6.30. The first-order chi connectivity index (χ1) is 7.26. The quantitative estimate of drug-likeness (QED) is 0.725. The highest BCUT2D eigenvalue weighted by Crippen LogP contribution is 2.29. The number of benzene rings is 1. The third-order valence-electron chi connectivity index (χ3n) is 2.44. The molecular weight excluding hydrogens is 210 g/mol. The van der Waals surface area contributed by atoms with E-state index in [0.717, 1.165) is 28.6 Å². The lowest BCUT2D eigenvalue weighted by atomic mass is 10.1. The van der Waals surface area contributed by atoms with Gasteiger partial charge in [0, 0.05) is 16.5 Å². The number of aromatic nitrogens is 1. The lowest BCUT2D eigenvalue weighted by molar-refractivity contribution is 0.420. The van der Waals surface area contributed by atoms with Crippen LogP contribution in [0.15, 0.2) is 24.3 Å². The molecule has 2 aromatic rings. The van der Waals surface area contributed by atoms with E-state index in [-0.39, 0.29) is 0 Å². The van der Waals surface area contributed by atoms with Crippen LogP contribution < -0.4 is 4.74 Å². The summed E-state index contributed by atoms with van der Waals surface area (Å²) in [5.74, 6) is 0.839. The second-order valence-corrected chi connectivity index (χ2v) is 3.69. The Morgan fingerprint density at radius 2 is 2.13 bits per heavy atom. The van der Waals surface area contributed by atoms with E-state index in [9.17, 15) is 0 Å². The summed E-state index contributed by atoms with van der Waals surface area (Å²) in [6, 6.07) is 7.78. The van der Waals surface area contributed by atoms with Gasteiger partial charge < -0.3 is 4.74 Å². The largest absolute Gasteiger partial charge is 0.496 e. The van der Waals surface area contributed by atoms with Crippen LogP contribution in [-0.2, 0) is 6.42 Å². The number of nitrogens with zero attached hydrogens (tertiary/aromatic N) is 1. The van der Waals surface area contributed by atoms with Gasteiger partial charge in [-0.3, -0.25) is 0 Å². The molecule has 0 amide bonds. The normalized spacial score (nSPS) is 10.6. The van der Waals surface area contributed by atoms with Crippen molar-refractivity contribution in [2.24, 2.45) is 0 Å². The van der Waals surface area contributed by atoms with Gasteiger partial charge in [0.15, 0.2) is 0 Å². The van der Waals surface area contributed by atoms with Crippen LogP contribution in [0.4, 0.5) is 0 Å². The van der Waals surface area contributed by atoms with Crippen molar-refractivity contribution >= 4 is 22.4 Å². The van der Waals surface area contributed by atoms with E-state index in [1.165, 1.54) is 0 Å². The topological polar surface area (TPSA) is 22.1 Å². The second-order valence-electron chi connectivity index (χ2n) is 3.30. The molecule has 1 aromatic carbocycles. The predicted octanol–water partition coefficient (Wildman–Crippen LogP) is 3.46. The molecule has 0 aliphatic heterocycles. The number of hydrogen-bond donors (Lipinski definition) is 0. The van der Waals surface area contributed by atoms with Crippen molar-refractivity contribution in [2.75, 3.05) is 7.11 Å². The first kappa shape index (κ1) is 10.2. The summed E-state index contributed by atoms with van der Waals surface area (Å²) >= 11 is 5.96. The molecular formula is C12H12ClNO. The highest BCUT2D eigenvalue weighted by atomic mass is 35.5. The average Bonchev–Trinajstić information content (AvgIpc) is 2.27. The van der Waals surface area contributed by atoms with E-state index in [0.29, 0.717) is 5.15 Å². The van der Waals surface area contributed by atoms with Gasteiger partial charge >= 0.3 is 0 Å². The van der Waals surface area contributed by atoms with E-state index < -0.39 is 0 Å². The maximum absolute atomic E-state index is 5.96. The molecule has 3 heteroatoms. The Bertz CT molecular complexity index is 496. The summed E-state index contributed by atoms with van der Waals surface area (Å²) < 4.78 is 5.30. The minimum Gasteiger partial charge on any atom is -0.496 e. The lowest BCUT2D eigenvalue weighted by Crippen LogP contribution is -1.92. The van der Waals surface area contributed by atoms with E-state index >= 15 is 0 Å². The van der Waals surface area contributed by atoms with Gasteiger partial charge in [-0.1, -0.05) is 30.7 Å². The standard InChI is InChI=1S/C12H12ClNO/c1-3-10-8-5-4-6-11(15-2)9(8)7-12(13)14-10/h4-7H,3H2,1-2H3. The summed E-state index contributed by atoms with van der Waals surface area (Å²) in [7, 11) is 1.66. The number of halogens is 1. The Labute approximate surface area is 93.8 Å². The van der Waals surface area contributed by atoms with Crippen molar-refractivity contribution in [2.45, 2.75) is 13.3 Å². The first-order valence-electron chi connectivity index (χ1n) is 4.88. The fourth-order valence-electron chi connectivity index (χ4n) is 1.73. The van der Waals surface area contributed by atoms with E-state index in [1.807, 2.05) is 24.3 Å². The number of hydrogen-bond acceptors (Lipinski definition) is 2. The van der Waals surface area contributed by atoms with E-state index in [4.69, 9.17) is 16.3 Å². The number of rotatable bonds is 2. The fourth-order valence-corrected chi connectivity index (χ4v) is 1.94. The summed E-state index contributed by atoms with van der Waals surface area (Å²) in [4.78, 5) is 4.31. The summed E-state index contributed by atoms with van der Waals surface area (Å²) in [5.41, 5.74) is 1.01. The van der Waals surface area contributed by atoms with Gasteiger partial charge in [-0.2, -0.15) is 0 Å². The SMILES string of the molecule is CCc1nc(Cl)cc2c(OC)cccc12. The third kappa shape index (κ3) is 1.77. The summed E-state index contributed by atoms with van der Waals surface area (Å²) in [6.07, 6.45) is 0.865. The molecule has 0 aliphatic carbocycles. The molecule has 2 rings (SSSR count). The minimum atomic E-state index is 0.517. The molecule has 2 nitrogen and oxygen atoms in total. The van der Waals surface area contributed by atoms with Gasteiger partial charge in [-0.05, 0) is 18.6 Å². The van der Waals surface area contributed by atoms with Crippen molar-refractivity contribution < 1.29 is 4.74 Å². The predicted molar refractivity (Wildman–Crippen MR) is 62.7 cm³/mol. The molecule has 0 saturated heterocycles. The highest BCUT2D eigenvalue weighted by Gasteiger charge is 2.07. The fraction of sp³-hybridized carbons (Fsp3) is 0.250. The van der Waals surface area contributed by atoms with Crippen LogP contribution in [0, 0.1) is 0 Å². The number of ether oxygens (including phenoxy) is 1. The van der Waals surface area contributed by atoms with Crippen LogP contribution in [0.25, 0.3) is 10.8 Å². The smallest absolute Gasteiger partial charge is 0.130 e. The number of fused-ring (bicyclic) bond motifs is 1. The monoisotopic (exact) mass is 221 g/mol. The van der Waals surface area contributed by atoms with Crippen LogP contribution in [-0.4, -0.2) is 12.1 Å². The molecule has 0 fully saturated rings.